The number of anilines is 1. The predicted molar refractivity (Wildman–Crippen MR) is 53.6 cm³/mol. The molecule has 0 aliphatic rings. The van der Waals surface area contributed by atoms with E-state index in [1.165, 1.54) is 24.1 Å². The van der Waals surface area contributed by atoms with Crippen LogP contribution in [0.15, 0.2) is 18.2 Å². The number of hydrogen-bond donors (Lipinski definition) is 1. The van der Waals surface area contributed by atoms with Crippen LogP contribution < -0.4 is 10.6 Å². The van der Waals surface area contributed by atoms with Crippen molar-refractivity contribution in [1.29, 1.82) is 5.26 Å². The summed E-state index contributed by atoms with van der Waals surface area (Å²) in [7, 11) is 1.49. The van der Waals surface area contributed by atoms with Gasteiger partial charge in [-0.15, -0.1) is 0 Å². The fraction of sp³-hybridized carbons (Fsp3) is 0.200. The van der Waals surface area contributed by atoms with Gasteiger partial charge >= 0.3 is 0 Å². The van der Waals surface area contributed by atoms with E-state index in [1.54, 1.807) is 0 Å². The SMILES string of the molecule is CN(C(=O)CN)c1ccc(F)cc1C#N. The van der Waals surface area contributed by atoms with Crippen LogP contribution in [-0.2, 0) is 4.79 Å². The molecule has 2 N–H and O–H groups in total. The topological polar surface area (TPSA) is 70.1 Å². The molecule has 0 aliphatic carbocycles. The molecule has 0 saturated carbocycles. The summed E-state index contributed by atoms with van der Waals surface area (Å²) in [5.41, 5.74) is 5.65. The highest BCUT2D eigenvalue weighted by atomic mass is 19.1. The van der Waals surface area contributed by atoms with Crippen LogP contribution in [0.5, 0.6) is 0 Å². The normalized spacial score (nSPS) is 9.47. The van der Waals surface area contributed by atoms with E-state index in [9.17, 15) is 9.18 Å². The van der Waals surface area contributed by atoms with E-state index >= 15 is 0 Å². The monoisotopic (exact) mass is 207 g/mol. The zero-order valence-electron chi connectivity index (χ0n) is 8.20. The predicted octanol–water partition coefficient (Wildman–Crippen LogP) is 0.619. The zero-order chi connectivity index (χ0) is 11.4. The van der Waals surface area contributed by atoms with Crippen molar-refractivity contribution < 1.29 is 9.18 Å². The summed E-state index contributed by atoms with van der Waals surface area (Å²) in [6.45, 7) is -0.154. The average molecular weight is 207 g/mol. The highest BCUT2D eigenvalue weighted by molar-refractivity contribution is 5.95. The number of nitrogens with two attached hydrogens (primary N) is 1. The van der Waals surface area contributed by atoms with Gasteiger partial charge in [-0.1, -0.05) is 0 Å². The zero-order valence-corrected chi connectivity index (χ0v) is 8.20. The molecular weight excluding hydrogens is 197 g/mol. The second-order valence-corrected chi connectivity index (χ2v) is 2.93. The van der Waals surface area contributed by atoms with Crippen molar-refractivity contribution >= 4 is 11.6 Å². The lowest BCUT2D eigenvalue weighted by Crippen LogP contribution is -2.32. The summed E-state index contributed by atoms with van der Waals surface area (Å²) in [6.07, 6.45) is 0. The Bertz CT molecular complexity index is 425. The largest absolute Gasteiger partial charge is 0.322 e. The first-order valence-corrected chi connectivity index (χ1v) is 4.26. The molecule has 0 bridgehead atoms. The summed E-state index contributed by atoms with van der Waals surface area (Å²) < 4.78 is 12.8. The summed E-state index contributed by atoms with van der Waals surface area (Å²) in [4.78, 5) is 12.5. The Balaban J connectivity index is 3.15. The lowest BCUT2D eigenvalue weighted by Gasteiger charge is -2.17. The third kappa shape index (κ3) is 2.30. The van der Waals surface area contributed by atoms with Crippen molar-refractivity contribution in [3.63, 3.8) is 0 Å². The van der Waals surface area contributed by atoms with Gasteiger partial charge in [0.15, 0.2) is 0 Å². The summed E-state index contributed by atoms with van der Waals surface area (Å²) >= 11 is 0. The fourth-order valence-corrected chi connectivity index (χ4v) is 1.16. The number of nitrogens with zero attached hydrogens (tertiary/aromatic N) is 2. The van der Waals surface area contributed by atoms with Crippen molar-refractivity contribution in [1.82, 2.24) is 0 Å². The molecule has 0 fully saturated rings. The third-order valence-corrected chi connectivity index (χ3v) is 1.99. The Morgan fingerprint density at radius 1 is 1.67 bits per heavy atom. The molecule has 1 aromatic rings. The Morgan fingerprint density at radius 3 is 2.87 bits per heavy atom. The molecule has 4 nitrogen and oxygen atoms in total. The lowest BCUT2D eigenvalue weighted by molar-refractivity contribution is -0.117. The van der Waals surface area contributed by atoms with Crippen molar-refractivity contribution in [3.8, 4) is 6.07 Å². The number of amides is 1. The average Bonchev–Trinajstić information content (AvgIpc) is 2.26. The smallest absolute Gasteiger partial charge is 0.240 e. The van der Waals surface area contributed by atoms with E-state index in [2.05, 4.69) is 0 Å². The van der Waals surface area contributed by atoms with E-state index in [0.717, 1.165) is 6.07 Å². The highest BCUT2D eigenvalue weighted by Gasteiger charge is 2.13. The number of hydrogen-bond acceptors (Lipinski definition) is 3. The maximum absolute atomic E-state index is 12.8. The second kappa shape index (κ2) is 4.53. The number of carbonyl (C=O) groups excluding carboxylic acids is 1. The van der Waals surface area contributed by atoms with Gasteiger partial charge in [0.05, 0.1) is 17.8 Å². The molecule has 0 aromatic heterocycles. The number of halogens is 1. The third-order valence-electron chi connectivity index (χ3n) is 1.99. The molecule has 15 heavy (non-hydrogen) atoms. The van der Waals surface area contributed by atoms with Crippen LogP contribution in [0.25, 0.3) is 0 Å². The number of carbonyl (C=O) groups is 1. The Hall–Kier alpha value is -1.93. The van der Waals surface area contributed by atoms with Gasteiger partial charge < -0.3 is 10.6 Å². The highest BCUT2D eigenvalue weighted by Crippen LogP contribution is 2.19. The van der Waals surface area contributed by atoms with E-state index < -0.39 is 5.82 Å². The molecule has 5 heteroatoms. The van der Waals surface area contributed by atoms with Crippen LogP contribution in [0, 0.1) is 17.1 Å². The molecule has 1 amide bonds. The summed E-state index contributed by atoms with van der Waals surface area (Å²) in [6, 6.07) is 5.47. The lowest BCUT2D eigenvalue weighted by atomic mass is 10.1. The number of benzene rings is 1. The van der Waals surface area contributed by atoms with Crippen molar-refractivity contribution in [2.45, 2.75) is 0 Å². The molecule has 0 aliphatic heterocycles. The van der Waals surface area contributed by atoms with Crippen LogP contribution in [0.1, 0.15) is 5.56 Å². The summed E-state index contributed by atoms with van der Waals surface area (Å²) in [5, 5.41) is 8.76. The molecule has 78 valence electrons. The molecule has 0 heterocycles. The quantitative estimate of drug-likeness (QED) is 0.772. The molecule has 1 rings (SSSR count). The van der Waals surface area contributed by atoms with E-state index in [4.69, 9.17) is 11.0 Å². The number of rotatable bonds is 2. The van der Waals surface area contributed by atoms with E-state index in [-0.39, 0.29) is 18.0 Å². The van der Waals surface area contributed by atoms with Crippen LogP contribution in [0.2, 0.25) is 0 Å². The second-order valence-electron chi connectivity index (χ2n) is 2.93. The first-order chi connectivity index (χ1) is 7.10. The van der Waals surface area contributed by atoms with Crippen molar-refractivity contribution in [2.24, 2.45) is 5.73 Å². The maximum atomic E-state index is 12.8. The molecule has 0 spiro atoms. The van der Waals surface area contributed by atoms with E-state index in [0.29, 0.717) is 5.69 Å². The molecule has 0 unspecified atom stereocenters. The minimum Gasteiger partial charge on any atom is -0.322 e. The first-order valence-electron chi connectivity index (χ1n) is 4.26. The van der Waals surface area contributed by atoms with E-state index in [1.807, 2.05) is 6.07 Å². The molecular formula is C10H10FN3O. The van der Waals surface area contributed by atoms with Gasteiger partial charge in [0.1, 0.15) is 11.9 Å². The van der Waals surface area contributed by atoms with Gasteiger partial charge in [-0.2, -0.15) is 5.26 Å². The number of likely N-dealkylation sites (N-methyl/N-ethyl adjacent to an activating group) is 1. The number of nitriles is 1. The minimum absolute atomic E-state index is 0.110. The molecule has 0 atom stereocenters. The van der Waals surface area contributed by atoms with Gasteiger partial charge in [-0.05, 0) is 18.2 Å². The first kappa shape index (κ1) is 11.1. The molecule has 0 saturated heterocycles. The summed E-state index contributed by atoms with van der Waals surface area (Å²) in [5.74, 6) is -0.845. The van der Waals surface area contributed by atoms with Gasteiger partial charge in [-0.25, -0.2) is 4.39 Å². The Morgan fingerprint density at radius 2 is 2.33 bits per heavy atom. The minimum atomic E-state index is -0.510. The van der Waals surface area contributed by atoms with Crippen LogP contribution in [0.3, 0.4) is 0 Å². The molecule has 0 radical (unpaired) electrons. The van der Waals surface area contributed by atoms with Crippen LogP contribution in [-0.4, -0.2) is 19.5 Å². The molecule has 1 aromatic carbocycles. The van der Waals surface area contributed by atoms with Crippen LogP contribution >= 0.6 is 0 Å². The van der Waals surface area contributed by atoms with Gasteiger partial charge in [0.2, 0.25) is 5.91 Å². The van der Waals surface area contributed by atoms with Crippen LogP contribution in [0.4, 0.5) is 10.1 Å². The Kier molecular flexibility index (Phi) is 3.37. The van der Waals surface area contributed by atoms with Gasteiger partial charge in [0.25, 0.3) is 0 Å². The van der Waals surface area contributed by atoms with Crippen molar-refractivity contribution in [2.75, 3.05) is 18.5 Å². The fourth-order valence-electron chi connectivity index (χ4n) is 1.16. The van der Waals surface area contributed by atoms with Gasteiger partial charge in [0, 0.05) is 7.05 Å². The van der Waals surface area contributed by atoms with Gasteiger partial charge in [-0.3, -0.25) is 4.79 Å². The standard InChI is InChI=1S/C10H10FN3O/c1-14(10(15)6-13)9-3-2-8(11)4-7(9)5-12/h2-4H,6,13H2,1H3. The van der Waals surface area contributed by atoms with Crippen molar-refractivity contribution in [3.05, 3.63) is 29.6 Å². The Labute approximate surface area is 86.7 Å². The maximum Gasteiger partial charge on any atom is 0.240 e.